The van der Waals surface area contributed by atoms with E-state index in [9.17, 15) is 15.0 Å². The van der Waals surface area contributed by atoms with E-state index in [4.69, 9.17) is 0 Å². The van der Waals surface area contributed by atoms with Gasteiger partial charge in [-0.2, -0.15) is 0 Å². The molecule has 4 heteroatoms. The van der Waals surface area contributed by atoms with Crippen LogP contribution in [0.15, 0.2) is 24.3 Å². The Hall–Kier alpha value is -1.55. The van der Waals surface area contributed by atoms with Crippen molar-refractivity contribution in [3.8, 4) is 5.75 Å². The zero-order chi connectivity index (χ0) is 14.6. The smallest absolute Gasteiger partial charge is 0.310 e. The highest BCUT2D eigenvalue weighted by molar-refractivity contribution is 5.75. The van der Waals surface area contributed by atoms with Crippen molar-refractivity contribution in [2.45, 2.75) is 39.2 Å². The molecule has 1 heterocycles. The molecule has 0 aromatic heterocycles. The van der Waals surface area contributed by atoms with Gasteiger partial charge in [0.1, 0.15) is 5.75 Å². The molecule has 4 nitrogen and oxygen atoms in total. The molecule has 20 heavy (non-hydrogen) atoms. The summed E-state index contributed by atoms with van der Waals surface area (Å²) in [6.45, 7) is 4.27. The standard InChI is InChI=1S/C16H23NO3/c1-2-7-16(15(19)20)8-4-9-17(12-16)11-13-5-3-6-14(18)10-13/h3,5-6,10,18H,2,4,7-9,11-12H2,1H3,(H,19,20)/t16-/m1/s1. The molecule has 1 aromatic carbocycles. The Morgan fingerprint density at radius 1 is 1.45 bits per heavy atom. The number of carbonyl (C=O) groups is 1. The van der Waals surface area contributed by atoms with Gasteiger partial charge in [-0.3, -0.25) is 9.69 Å². The fourth-order valence-electron chi connectivity index (χ4n) is 3.24. The molecule has 1 aromatic rings. The van der Waals surface area contributed by atoms with Gasteiger partial charge in [0, 0.05) is 13.1 Å². The first-order valence-corrected chi connectivity index (χ1v) is 7.29. The molecule has 0 bridgehead atoms. The summed E-state index contributed by atoms with van der Waals surface area (Å²) < 4.78 is 0. The van der Waals surface area contributed by atoms with Gasteiger partial charge in [-0.05, 0) is 43.5 Å². The van der Waals surface area contributed by atoms with Crippen LogP contribution < -0.4 is 0 Å². The van der Waals surface area contributed by atoms with E-state index in [1.54, 1.807) is 12.1 Å². The second-order valence-corrected chi connectivity index (χ2v) is 5.82. The van der Waals surface area contributed by atoms with E-state index in [0.29, 0.717) is 13.1 Å². The Balaban J connectivity index is 2.08. The number of hydrogen-bond donors (Lipinski definition) is 2. The zero-order valence-electron chi connectivity index (χ0n) is 12.0. The minimum Gasteiger partial charge on any atom is -0.508 e. The molecule has 1 aliphatic rings. The predicted octanol–water partition coefficient (Wildman–Crippen LogP) is 2.86. The van der Waals surface area contributed by atoms with Gasteiger partial charge in [-0.15, -0.1) is 0 Å². The molecule has 0 radical (unpaired) electrons. The number of phenolic OH excluding ortho intramolecular Hbond substituents is 1. The molecule has 1 saturated heterocycles. The van der Waals surface area contributed by atoms with Crippen LogP contribution in [-0.4, -0.2) is 34.2 Å². The molecular weight excluding hydrogens is 254 g/mol. The van der Waals surface area contributed by atoms with E-state index in [0.717, 1.165) is 37.8 Å². The Morgan fingerprint density at radius 3 is 2.90 bits per heavy atom. The third-order valence-corrected chi connectivity index (χ3v) is 4.15. The summed E-state index contributed by atoms with van der Waals surface area (Å²) in [6, 6.07) is 7.19. The summed E-state index contributed by atoms with van der Waals surface area (Å²) in [6.07, 6.45) is 3.32. The molecule has 2 rings (SSSR count). The van der Waals surface area contributed by atoms with Crippen molar-refractivity contribution in [2.75, 3.05) is 13.1 Å². The monoisotopic (exact) mass is 277 g/mol. The van der Waals surface area contributed by atoms with Crippen molar-refractivity contribution >= 4 is 5.97 Å². The number of phenols is 1. The molecule has 2 N–H and O–H groups in total. The third kappa shape index (κ3) is 3.31. The molecule has 1 aliphatic heterocycles. The molecule has 0 saturated carbocycles. The Kier molecular flexibility index (Phi) is 4.65. The SMILES string of the molecule is CCC[C@@]1(C(=O)O)CCCN(Cc2cccc(O)c2)C1. The first kappa shape index (κ1) is 14.9. The number of carboxylic acids is 1. The number of rotatable bonds is 5. The molecule has 0 amide bonds. The fraction of sp³-hybridized carbons (Fsp3) is 0.562. The van der Waals surface area contributed by atoms with Crippen molar-refractivity contribution < 1.29 is 15.0 Å². The molecule has 1 atom stereocenters. The number of aliphatic carboxylic acids is 1. The van der Waals surface area contributed by atoms with Crippen LogP contribution in [0, 0.1) is 5.41 Å². The van der Waals surface area contributed by atoms with Crippen LogP contribution in [0.25, 0.3) is 0 Å². The fourth-order valence-corrected chi connectivity index (χ4v) is 3.24. The van der Waals surface area contributed by atoms with Crippen molar-refractivity contribution in [1.82, 2.24) is 4.90 Å². The maximum Gasteiger partial charge on any atom is 0.310 e. The zero-order valence-corrected chi connectivity index (χ0v) is 12.0. The van der Waals surface area contributed by atoms with Gasteiger partial charge in [0.25, 0.3) is 0 Å². The van der Waals surface area contributed by atoms with Crippen molar-refractivity contribution in [3.05, 3.63) is 29.8 Å². The van der Waals surface area contributed by atoms with Gasteiger partial charge in [0.15, 0.2) is 0 Å². The lowest BCUT2D eigenvalue weighted by atomic mass is 9.76. The lowest BCUT2D eigenvalue weighted by molar-refractivity contribution is -0.153. The van der Waals surface area contributed by atoms with Gasteiger partial charge >= 0.3 is 5.97 Å². The maximum atomic E-state index is 11.7. The maximum absolute atomic E-state index is 11.7. The predicted molar refractivity (Wildman–Crippen MR) is 77.6 cm³/mol. The van der Waals surface area contributed by atoms with Crippen LogP contribution >= 0.6 is 0 Å². The number of nitrogens with zero attached hydrogens (tertiary/aromatic N) is 1. The van der Waals surface area contributed by atoms with Gasteiger partial charge < -0.3 is 10.2 Å². The average molecular weight is 277 g/mol. The largest absolute Gasteiger partial charge is 0.508 e. The van der Waals surface area contributed by atoms with Crippen molar-refractivity contribution in [2.24, 2.45) is 5.41 Å². The molecular formula is C16H23NO3. The quantitative estimate of drug-likeness (QED) is 0.869. The molecule has 1 fully saturated rings. The van der Waals surface area contributed by atoms with Crippen LogP contribution in [0.1, 0.15) is 38.2 Å². The van der Waals surface area contributed by atoms with E-state index >= 15 is 0 Å². The summed E-state index contributed by atoms with van der Waals surface area (Å²) in [7, 11) is 0. The first-order valence-electron chi connectivity index (χ1n) is 7.29. The van der Waals surface area contributed by atoms with Gasteiger partial charge in [0.2, 0.25) is 0 Å². The third-order valence-electron chi connectivity index (χ3n) is 4.15. The number of benzene rings is 1. The average Bonchev–Trinajstić information content (AvgIpc) is 2.39. The Labute approximate surface area is 120 Å². The summed E-state index contributed by atoms with van der Waals surface area (Å²) >= 11 is 0. The number of aromatic hydroxyl groups is 1. The van der Waals surface area contributed by atoms with E-state index in [-0.39, 0.29) is 5.75 Å². The molecule has 110 valence electrons. The second-order valence-electron chi connectivity index (χ2n) is 5.82. The van der Waals surface area contributed by atoms with E-state index < -0.39 is 11.4 Å². The van der Waals surface area contributed by atoms with Crippen molar-refractivity contribution in [3.63, 3.8) is 0 Å². The van der Waals surface area contributed by atoms with Gasteiger partial charge in [-0.1, -0.05) is 25.5 Å². The second kappa shape index (κ2) is 6.27. The van der Waals surface area contributed by atoms with E-state index in [2.05, 4.69) is 4.90 Å². The lowest BCUT2D eigenvalue weighted by Crippen LogP contribution is -2.47. The van der Waals surface area contributed by atoms with Crippen LogP contribution in [0.2, 0.25) is 0 Å². The van der Waals surface area contributed by atoms with E-state index in [1.807, 2.05) is 19.1 Å². The Bertz CT molecular complexity index is 471. The highest BCUT2D eigenvalue weighted by Gasteiger charge is 2.41. The number of hydrogen-bond acceptors (Lipinski definition) is 3. The van der Waals surface area contributed by atoms with Gasteiger partial charge in [0.05, 0.1) is 5.41 Å². The summed E-state index contributed by atoms with van der Waals surface area (Å²) in [5, 5.41) is 19.1. The number of piperidine rings is 1. The van der Waals surface area contributed by atoms with E-state index in [1.165, 1.54) is 0 Å². The van der Waals surface area contributed by atoms with Crippen LogP contribution in [0.5, 0.6) is 5.75 Å². The number of carboxylic acid groups (broad SMARTS) is 1. The van der Waals surface area contributed by atoms with Crippen molar-refractivity contribution in [1.29, 1.82) is 0 Å². The summed E-state index contributed by atoms with van der Waals surface area (Å²) in [5.41, 5.74) is 0.437. The molecule has 0 aliphatic carbocycles. The normalized spacial score (nSPS) is 23.6. The number of likely N-dealkylation sites (tertiary alicyclic amines) is 1. The van der Waals surface area contributed by atoms with Gasteiger partial charge in [-0.25, -0.2) is 0 Å². The summed E-state index contributed by atoms with van der Waals surface area (Å²) in [5.74, 6) is -0.405. The minimum absolute atomic E-state index is 0.262. The molecule has 0 spiro atoms. The van der Waals surface area contributed by atoms with Crippen LogP contribution in [0.3, 0.4) is 0 Å². The highest BCUT2D eigenvalue weighted by Crippen LogP contribution is 2.35. The highest BCUT2D eigenvalue weighted by atomic mass is 16.4. The topological polar surface area (TPSA) is 60.8 Å². The lowest BCUT2D eigenvalue weighted by Gasteiger charge is -2.40. The first-order chi connectivity index (χ1) is 9.55. The minimum atomic E-state index is -0.667. The molecule has 0 unspecified atom stereocenters. The van der Waals surface area contributed by atoms with Crippen LogP contribution in [0.4, 0.5) is 0 Å². The summed E-state index contributed by atoms with van der Waals surface area (Å²) in [4.78, 5) is 13.8. The van der Waals surface area contributed by atoms with Crippen LogP contribution in [-0.2, 0) is 11.3 Å². The Morgan fingerprint density at radius 2 is 2.25 bits per heavy atom.